The number of halogens is 3. The number of rotatable bonds is 4. The molecule has 0 saturated heterocycles. The maximum Gasteiger partial charge on any atom is 0.446 e. The van der Waals surface area contributed by atoms with E-state index in [9.17, 15) is 13.2 Å². The van der Waals surface area contributed by atoms with E-state index in [0.717, 1.165) is 10.9 Å². The van der Waals surface area contributed by atoms with Crippen molar-refractivity contribution < 1.29 is 17.7 Å². The van der Waals surface area contributed by atoms with Crippen LogP contribution in [-0.4, -0.2) is 28.9 Å². The number of pyridine rings is 1. The van der Waals surface area contributed by atoms with Gasteiger partial charge in [0, 0.05) is 24.7 Å². The van der Waals surface area contributed by atoms with E-state index in [1.807, 2.05) is 6.92 Å². The zero-order chi connectivity index (χ0) is 19.0. The fourth-order valence-corrected chi connectivity index (χ4v) is 2.45. The van der Waals surface area contributed by atoms with Crippen LogP contribution < -0.4 is 5.32 Å². The molecule has 2 aromatic heterocycles. The number of thioether (sulfide) groups is 1. The van der Waals surface area contributed by atoms with Gasteiger partial charge in [0.2, 0.25) is 0 Å². The molecule has 9 heteroatoms. The average molecular weight is 382 g/mol. The van der Waals surface area contributed by atoms with Crippen molar-refractivity contribution in [3.63, 3.8) is 0 Å². The van der Waals surface area contributed by atoms with Crippen LogP contribution in [0.3, 0.4) is 0 Å². The summed E-state index contributed by atoms with van der Waals surface area (Å²) in [4.78, 5) is 7.70. The van der Waals surface area contributed by atoms with Gasteiger partial charge >= 0.3 is 5.51 Å². The molecule has 0 radical (unpaired) electrons. The molecule has 0 aliphatic carbocycles. The fourth-order valence-electron chi connectivity index (χ4n) is 1.91. The number of nitrogens with zero attached hydrogens (tertiary/aromatic N) is 3. The summed E-state index contributed by atoms with van der Waals surface area (Å²) in [6.07, 6.45) is 4.95. The van der Waals surface area contributed by atoms with Gasteiger partial charge in [0.1, 0.15) is 0 Å². The summed E-state index contributed by atoms with van der Waals surface area (Å²) in [6, 6.07) is 7.95. The Morgan fingerprint density at radius 1 is 1.23 bits per heavy atom. The largest absolute Gasteiger partial charge is 0.446 e. The summed E-state index contributed by atoms with van der Waals surface area (Å²) in [6.45, 7) is 2.32. The van der Waals surface area contributed by atoms with Crippen molar-refractivity contribution in [2.24, 2.45) is 4.99 Å². The summed E-state index contributed by atoms with van der Waals surface area (Å²) in [5, 5.41) is 7.79. The molecule has 3 aromatic rings. The minimum absolute atomic E-state index is 0.128. The second-order valence-electron chi connectivity index (χ2n) is 4.96. The van der Waals surface area contributed by atoms with E-state index in [4.69, 9.17) is 4.52 Å². The van der Waals surface area contributed by atoms with E-state index in [1.54, 1.807) is 43.9 Å². The molecule has 0 atom stereocenters. The molecule has 138 valence electrons. The van der Waals surface area contributed by atoms with Gasteiger partial charge < -0.3 is 14.8 Å². The minimum Gasteiger partial charge on any atom is -0.363 e. The topological polar surface area (TPSA) is 63.3 Å². The van der Waals surface area contributed by atoms with Gasteiger partial charge in [-0.15, -0.1) is 0 Å². The van der Waals surface area contributed by atoms with Gasteiger partial charge in [0.05, 0.1) is 11.6 Å². The molecule has 1 N–H and O–H groups in total. The predicted octanol–water partition coefficient (Wildman–Crippen LogP) is 5.15. The summed E-state index contributed by atoms with van der Waals surface area (Å²) in [5.41, 5.74) is -2.85. The highest BCUT2D eigenvalue weighted by atomic mass is 32.2. The Hall–Kier alpha value is -2.55. The quantitative estimate of drug-likeness (QED) is 0.499. The molecule has 2 heterocycles. The van der Waals surface area contributed by atoms with Gasteiger partial charge in [-0.05, 0) is 48.7 Å². The molecule has 0 amide bonds. The molecular weight excluding hydrogens is 365 g/mol. The van der Waals surface area contributed by atoms with Crippen molar-refractivity contribution in [3.8, 4) is 0 Å². The number of aliphatic imine (C=N–C) groups is 1. The van der Waals surface area contributed by atoms with Crippen molar-refractivity contribution in [3.05, 3.63) is 48.3 Å². The highest BCUT2D eigenvalue weighted by Crippen LogP contribution is 2.36. The molecule has 0 spiro atoms. The van der Waals surface area contributed by atoms with Crippen molar-refractivity contribution >= 4 is 34.8 Å². The number of hydrogen-bond acceptors (Lipinski definition) is 6. The average Bonchev–Trinajstić information content (AvgIpc) is 3.03. The fraction of sp³-hybridized carbons (Fsp3) is 0.235. The highest BCUT2D eigenvalue weighted by molar-refractivity contribution is 8.00. The van der Waals surface area contributed by atoms with Crippen molar-refractivity contribution in [2.45, 2.75) is 23.9 Å². The monoisotopic (exact) mass is 382 g/mol. The Morgan fingerprint density at radius 3 is 2.54 bits per heavy atom. The van der Waals surface area contributed by atoms with E-state index in [2.05, 4.69) is 20.4 Å². The zero-order valence-corrected chi connectivity index (χ0v) is 14.9. The number of benzene rings is 1. The van der Waals surface area contributed by atoms with E-state index >= 15 is 0 Å². The Labute approximate surface area is 152 Å². The van der Waals surface area contributed by atoms with Crippen LogP contribution in [-0.2, 0) is 6.54 Å². The van der Waals surface area contributed by atoms with Crippen LogP contribution in [0.5, 0.6) is 0 Å². The molecule has 1 aromatic carbocycles. The van der Waals surface area contributed by atoms with E-state index in [1.165, 1.54) is 12.1 Å². The van der Waals surface area contributed by atoms with E-state index in [-0.39, 0.29) is 16.7 Å². The molecular formula is C17H17F3N4OS. The third-order valence-corrected chi connectivity index (χ3v) is 3.89. The highest BCUT2D eigenvalue weighted by Gasteiger charge is 2.28. The first-order chi connectivity index (χ1) is 12.4. The van der Waals surface area contributed by atoms with Crippen LogP contribution >= 0.6 is 11.8 Å². The van der Waals surface area contributed by atoms with Gasteiger partial charge in [-0.25, -0.2) is 0 Å². The van der Waals surface area contributed by atoms with Crippen LogP contribution in [0.25, 0.3) is 11.0 Å². The molecule has 0 aliphatic heterocycles. The van der Waals surface area contributed by atoms with Gasteiger partial charge in [0.15, 0.2) is 11.4 Å². The Balaban J connectivity index is 0.000000552. The van der Waals surface area contributed by atoms with Crippen LogP contribution in [0.2, 0.25) is 0 Å². The first kappa shape index (κ1) is 19.8. The first-order valence-corrected chi connectivity index (χ1v) is 8.39. The zero-order valence-electron chi connectivity index (χ0n) is 14.1. The van der Waals surface area contributed by atoms with Crippen molar-refractivity contribution in [1.82, 2.24) is 10.1 Å². The summed E-state index contributed by atoms with van der Waals surface area (Å²) in [7, 11) is 1.75. The maximum atomic E-state index is 12.3. The lowest BCUT2D eigenvalue weighted by Crippen LogP contribution is -2.01. The van der Waals surface area contributed by atoms with Gasteiger partial charge in [-0.2, -0.15) is 13.2 Å². The Kier molecular flexibility index (Phi) is 7.02. The van der Waals surface area contributed by atoms with Gasteiger partial charge in [0.25, 0.3) is 0 Å². The third-order valence-electron chi connectivity index (χ3n) is 3.15. The SMILES string of the molecule is CC=NC.FC(F)(F)Sc1ccc(CNc2noc3cnccc23)cc1. The number of hydrogen-bond donors (Lipinski definition) is 1. The molecule has 0 aliphatic rings. The maximum absolute atomic E-state index is 12.3. The molecule has 0 fully saturated rings. The summed E-state index contributed by atoms with van der Waals surface area (Å²) >= 11 is -0.128. The predicted molar refractivity (Wildman–Crippen MR) is 97.6 cm³/mol. The number of aromatic nitrogens is 2. The normalized spacial score (nSPS) is 11.4. The van der Waals surface area contributed by atoms with Crippen LogP contribution in [0.1, 0.15) is 12.5 Å². The molecule has 0 bridgehead atoms. The molecule has 5 nitrogen and oxygen atoms in total. The number of anilines is 1. The minimum atomic E-state index is -4.27. The lowest BCUT2D eigenvalue weighted by Gasteiger charge is -2.07. The smallest absolute Gasteiger partial charge is 0.363 e. The third kappa shape index (κ3) is 6.07. The summed E-state index contributed by atoms with van der Waals surface area (Å²) in [5.74, 6) is 0.575. The Morgan fingerprint density at radius 2 is 1.92 bits per heavy atom. The number of nitrogens with one attached hydrogen (secondary N) is 1. The molecule has 26 heavy (non-hydrogen) atoms. The standard InChI is InChI=1S/C14H10F3N3OS.C3H7N/c15-14(16,17)22-10-3-1-9(2-4-10)7-19-13-11-5-6-18-8-12(11)21-20-13;1-3-4-2/h1-6,8H,7H2,(H,19,20);3H,1-2H3. The van der Waals surface area contributed by atoms with Crippen LogP contribution in [0.15, 0.2) is 57.1 Å². The molecule has 0 saturated carbocycles. The van der Waals surface area contributed by atoms with Crippen molar-refractivity contribution in [1.29, 1.82) is 0 Å². The van der Waals surface area contributed by atoms with Crippen LogP contribution in [0, 0.1) is 0 Å². The van der Waals surface area contributed by atoms with Gasteiger partial charge in [-0.1, -0.05) is 17.3 Å². The molecule has 3 rings (SSSR count). The van der Waals surface area contributed by atoms with Crippen molar-refractivity contribution in [2.75, 3.05) is 12.4 Å². The lowest BCUT2D eigenvalue weighted by molar-refractivity contribution is -0.0328. The number of fused-ring (bicyclic) bond motifs is 1. The first-order valence-electron chi connectivity index (χ1n) is 7.57. The van der Waals surface area contributed by atoms with Crippen LogP contribution in [0.4, 0.5) is 19.0 Å². The van der Waals surface area contributed by atoms with E-state index in [0.29, 0.717) is 17.9 Å². The molecule has 0 unspecified atom stereocenters. The van der Waals surface area contributed by atoms with E-state index < -0.39 is 5.51 Å². The number of alkyl halides is 3. The summed E-state index contributed by atoms with van der Waals surface area (Å²) < 4.78 is 41.9. The second kappa shape index (κ2) is 9.23. The second-order valence-corrected chi connectivity index (χ2v) is 6.10. The Bertz CT molecular complexity index is 843. The lowest BCUT2D eigenvalue weighted by atomic mass is 10.2. The van der Waals surface area contributed by atoms with Gasteiger partial charge in [-0.3, -0.25) is 4.98 Å².